The van der Waals surface area contributed by atoms with Gasteiger partial charge in [0.2, 0.25) is 0 Å². The Labute approximate surface area is 316 Å². The summed E-state index contributed by atoms with van der Waals surface area (Å²) in [5, 5.41) is 0. The number of halogens is 1. The van der Waals surface area contributed by atoms with Gasteiger partial charge < -0.3 is 9.97 Å². The Bertz CT molecular complexity index is 2420. The summed E-state index contributed by atoms with van der Waals surface area (Å²) in [4.78, 5) is 18.7. The van der Waals surface area contributed by atoms with E-state index >= 15 is 0 Å². The largest absolute Gasteiger partial charge is 0.354 e. The first kappa shape index (κ1) is 33.9. The first-order valence-electron chi connectivity index (χ1n) is 17.8. The van der Waals surface area contributed by atoms with E-state index in [1.165, 1.54) is 22.3 Å². The number of aryl methyl sites for hydroxylation is 4. The average Bonchev–Trinajstić information content (AvgIpc) is 3.99. The summed E-state index contributed by atoms with van der Waals surface area (Å²) in [6.45, 7) is 8.68. The van der Waals surface area contributed by atoms with Gasteiger partial charge in [-0.25, -0.2) is 9.97 Å². The summed E-state index contributed by atoms with van der Waals surface area (Å²) < 4.78 is 0. The molecule has 0 saturated heterocycles. The summed E-state index contributed by atoms with van der Waals surface area (Å²) in [5.74, 6) is 0. The fourth-order valence-electron chi connectivity index (χ4n) is 7.75. The number of nitrogens with zero attached hydrogens (tertiary/aromatic N) is 2. The van der Waals surface area contributed by atoms with Crippen LogP contribution in [0.3, 0.4) is 0 Å². The smallest absolute Gasteiger partial charge is 0.0737 e. The molecular formula is C48H39ClN4. The number of nitrogens with one attached hydrogen (secondary N) is 2. The number of hydrogen-bond acceptors (Lipinski definition) is 2. The molecule has 0 amide bonds. The summed E-state index contributed by atoms with van der Waals surface area (Å²) in [6, 6.07) is 43.0. The van der Waals surface area contributed by atoms with Crippen molar-refractivity contribution in [1.29, 1.82) is 0 Å². The summed E-state index contributed by atoms with van der Waals surface area (Å²) in [7, 11) is 0. The number of benzene rings is 4. The van der Waals surface area contributed by atoms with Crippen LogP contribution in [0, 0.1) is 27.7 Å². The topological polar surface area (TPSA) is 57.4 Å². The van der Waals surface area contributed by atoms with Crippen molar-refractivity contribution in [1.82, 2.24) is 19.9 Å². The van der Waals surface area contributed by atoms with Crippen LogP contribution in [0.2, 0.25) is 0 Å². The number of aromatic nitrogens is 4. The molecule has 2 N–H and O–H groups in total. The van der Waals surface area contributed by atoms with Crippen molar-refractivity contribution in [2.45, 2.75) is 27.7 Å². The van der Waals surface area contributed by atoms with Crippen LogP contribution in [-0.2, 0) is 0 Å². The second-order valence-electron chi connectivity index (χ2n) is 13.8. The van der Waals surface area contributed by atoms with Crippen LogP contribution in [0.1, 0.15) is 45.0 Å². The van der Waals surface area contributed by atoms with Gasteiger partial charge in [-0.1, -0.05) is 97.1 Å². The molecule has 0 fully saturated rings. The molecule has 2 aliphatic heterocycles. The van der Waals surface area contributed by atoms with Crippen LogP contribution >= 0.6 is 12.4 Å². The Morgan fingerprint density at radius 3 is 0.774 bits per heavy atom. The van der Waals surface area contributed by atoms with E-state index in [0.717, 1.165) is 89.4 Å². The normalized spacial score (nSPS) is 11.8. The highest BCUT2D eigenvalue weighted by Crippen LogP contribution is 2.40. The zero-order valence-electron chi connectivity index (χ0n) is 30.2. The van der Waals surface area contributed by atoms with Crippen LogP contribution in [0.15, 0.2) is 121 Å². The van der Waals surface area contributed by atoms with Gasteiger partial charge in [0.1, 0.15) is 0 Å². The lowest BCUT2D eigenvalue weighted by atomic mass is 9.99. The number of fused-ring (bicyclic) bond motifs is 8. The van der Waals surface area contributed by atoms with Gasteiger partial charge in [-0.15, -0.1) is 12.4 Å². The summed E-state index contributed by atoms with van der Waals surface area (Å²) >= 11 is 0. The van der Waals surface area contributed by atoms with Crippen molar-refractivity contribution >= 4 is 58.8 Å². The first-order chi connectivity index (χ1) is 25.4. The van der Waals surface area contributed by atoms with Crippen LogP contribution in [0.5, 0.6) is 0 Å². The molecule has 7 aromatic rings. The third kappa shape index (κ3) is 5.91. The minimum atomic E-state index is 0. The van der Waals surface area contributed by atoms with Gasteiger partial charge in [-0.2, -0.15) is 0 Å². The fourth-order valence-corrected chi connectivity index (χ4v) is 7.75. The summed E-state index contributed by atoms with van der Waals surface area (Å²) in [6.07, 6.45) is 8.66. The predicted molar refractivity (Wildman–Crippen MR) is 227 cm³/mol. The second-order valence-corrected chi connectivity index (χ2v) is 13.8. The maximum Gasteiger partial charge on any atom is 0.0737 e. The number of rotatable bonds is 4. The van der Waals surface area contributed by atoms with Gasteiger partial charge in [0.15, 0.2) is 0 Å². The molecule has 0 unspecified atom stereocenters. The van der Waals surface area contributed by atoms with E-state index in [0.29, 0.717) is 0 Å². The van der Waals surface area contributed by atoms with Crippen LogP contribution < -0.4 is 0 Å². The molecule has 0 atom stereocenters. The van der Waals surface area contributed by atoms with E-state index in [-0.39, 0.29) is 12.4 Å². The monoisotopic (exact) mass is 706 g/mol. The van der Waals surface area contributed by atoms with Crippen molar-refractivity contribution < 1.29 is 0 Å². The molecule has 5 heterocycles. The Morgan fingerprint density at radius 2 is 0.547 bits per heavy atom. The standard InChI is InChI=1S/C48H38N4.ClH/c1-29-13-5-9-17-33(29)45-37-21-23-39(49-37)46(34-18-10-6-14-30(34)2)41-25-27-43(51-41)48(36-20-12-8-16-32(36)4)44-28-26-42(52-44)47(40-24-22-38(45)50-40)35-19-11-7-15-31(35)3;/h5-28,49,52H,1-4H3;1H. The Hall–Kier alpha value is -6.23. The molecular weight excluding hydrogens is 668 g/mol. The lowest BCUT2D eigenvalue weighted by molar-refractivity contribution is 1.30. The van der Waals surface area contributed by atoms with E-state index in [1.807, 2.05) is 0 Å². The third-order valence-electron chi connectivity index (χ3n) is 10.4. The van der Waals surface area contributed by atoms with Crippen molar-refractivity contribution in [3.8, 4) is 44.5 Å². The van der Waals surface area contributed by atoms with E-state index in [1.54, 1.807) is 0 Å². The summed E-state index contributed by atoms with van der Waals surface area (Å²) in [5.41, 5.74) is 21.3. The van der Waals surface area contributed by atoms with Crippen molar-refractivity contribution in [2.75, 3.05) is 0 Å². The molecule has 0 aliphatic carbocycles. The molecule has 3 aromatic heterocycles. The predicted octanol–water partition coefficient (Wildman–Crippen LogP) is 13.0. The molecule has 258 valence electrons. The highest BCUT2D eigenvalue weighted by molar-refractivity contribution is 6.00. The lowest BCUT2D eigenvalue weighted by Crippen LogP contribution is -1.92. The SMILES string of the molecule is Cc1ccccc1-c1c2nc(c(-c3ccccc3C)c3ccc([nH]3)c(-c3ccccc3C)c3nc(c(-c4ccccc4C)c4ccc1[nH]4)C=C3)C=C2.Cl. The fraction of sp³-hybridized carbons (Fsp3) is 0.0833. The van der Waals surface area contributed by atoms with E-state index in [9.17, 15) is 0 Å². The number of aromatic amines is 2. The van der Waals surface area contributed by atoms with Crippen LogP contribution in [0.4, 0.5) is 0 Å². The Balaban J connectivity index is 0.00000400. The molecule has 0 saturated carbocycles. The Kier molecular flexibility index (Phi) is 8.77. The number of hydrogen-bond donors (Lipinski definition) is 2. The molecule has 5 heteroatoms. The van der Waals surface area contributed by atoms with Crippen molar-refractivity contribution in [2.24, 2.45) is 0 Å². The van der Waals surface area contributed by atoms with E-state index in [4.69, 9.17) is 9.97 Å². The third-order valence-corrected chi connectivity index (χ3v) is 10.4. The molecule has 4 aromatic carbocycles. The molecule has 53 heavy (non-hydrogen) atoms. The minimum absolute atomic E-state index is 0. The van der Waals surface area contributed by atoms with Crippen molar-refractivity contribution in [3.63, 3.8) is 0 Å². The first-order valence-corrected chi connectivity index (χ1v) is 17.8. The van der Waals surface area contributed by atoms with Gasteiger partial charge in [0, 0.05) is 44.3 Å². The maximum absolute atomic E-state index is 5.46. The van der Waals surface area contributed by atoms with E-state index in [2.05, 4.69) is 183 Å². The molecule has 0 spiro atoms. The lowest BCUT2D eigenvalue weighted by Gasteiger charge is -2.10. The van der Waals surface area contributed by atoms with Crippen molar-refractivity contribution in [3.05, 3.63) is 166 Å². The number of H-pyrrole nitrogens is 2. The highest BCUT2D eigenvalue weighted by Gasteiger charge is 2.20. The quantitative estimate of drug-likeness (QED) is 0.191. The van der Waals surface area contributed by atoms with Gasteiger partial charge >= 0.3 is 0 Å². The molecule has 4 nitrogen and oxygen atoms in total. The van der Waals surface area contributed by atoms with Gasteiger partial charge in [-0.05, 0) is 121 Å². The zero-order chi connectivity index (χ0) is 35.3. The average molecular weight is 707 g/mol. The molecule has 2 aliphatic rings. The second kappa shape index (κ2) is 13.7. The van der Waals surface area contributed by atoms with Gasteiger partial charge in [-0.3, -0.25) is 0 Å². The van der Waals surface area contributed by atoms with Gasteiger partial charge in [0.05, 0.1) is 22.8 Å². The minimum Gasteiger partial charge on any atom is -0.354 e. The zero-order valence-corrected chi connectivity index (χ0v) is 31.0. The maximum atomic E-state index is 5.46. The molecule has 9 rings (SSSR count). The molecule has 0 radical (unpaired) electrons. The molecule has 8 bridgehead atoms. The van der Waals surface area contributed by atoms with Crippen LogP contribution in [0.25, 0.3) is 90.9 Å². The Morgan fingerprint density at radius 1 is 0.321 bits per heavy atom. The highest BCUT2D eigenvalue weighted by atomic mass is 35.5. The van der Waals surface area contributed by atoms with Gasteiger partial charge in [0.25, 0.3) is 0 Å². The van der Waals surface area contributed by atoms with Crippen LogP contribution in [-0.4, -0.2) is 19.9 Å². The van der Waals surface area contributed by atoms with E-state index < -0.39 is 0 Å².